The fourth-order valence-electron chi connectivity index (χ4n) is 3.23. The van der Waals surface area contributed by atoms with Crippen LogP contribution >= 0.6 is 0 Å². The van der Waals surface area contributed by atoms with Crippen molar-refractivity contribution in [3.63, 3.8) is 0 Å². The fraction of sp³-hybridized carbons (Fsp3) is 0.529. The Balaban J connectivity index is 1.67. The normalized spacial score (nSPS) is 21.1. The molecule has 0 unspecified atom stereocenters. The van der Waals surface area contributed by atoms with E-state index < -0.39 is 5.97 Å². The number of carbonyl (C=O) groups is 2. The zero-order valence-corrected chi connectivity index (χ0v) is 13.9. The first-order valence-electron chi connectivity index (χ1n) is 8.32. The summed E-state index contributed by atoms with van der Waals surface area (Å²) in [4.78, 5) is 27.8. The number of nitrogens with one attached hydrogen (secondary N) is 1. The summed E-state index contributed by atoms with van der Waals surface area (Å²) in [5.41, 5.74) is 1.45. The summed E-state index contributed by atoms with van der Waals surface area (Å²) in [7, 11) is 0. The summed E-state index contributed by atoms with van der Waals surface area (Å²) in [5, 5.41) is 17.1. The number of hydrogen-bond donors (Lipinski definition) is 2. The zero-order valence-electron chi connectivity index (χ0n) is 13.9. The minimum absolute atomic E-state index is 0.0590. The molecule has 3 rings (SSSR count). The molecule has 128 valence electrons. The molecule has 7 nitrogen and oxygen atoms in total. The lowest BCUT2D eigenvalue weighted by molar-refractivity contribution is -0.143. The third-order valence-corrected chi connectivity index (χ3v) is 4.64. The fourth-order valence-corrected chi connectivity index (χ4v) is 3.23. The molecule has 2 aromatic heterocycles. The van der Waals surface area contributed by atoms with Crippen LogP contribution in [-0.4, -0.2) is 31.7 Å². The molecule has 0 bridgehead atoms. The molecule has 2 heterocycles. The molecule has 2 N–H and O–H groups in total. The molecule has 1 fully saturated rings. The number of carbonyl (C=O) groups excluding carboxylic acids is 1. The quantitative estimate of drug-likeness (QED) is 0.898. The Labute approximate surface area is 140 Å². The van der Waals surface area contributed by atoms with Crippen molar-refractivity contribution in [2.24, 2.45) is 11.8 Å². The van der Waals surface area contributed by atoms with Crippen molar-refractivity contribution in [3.8, 4) is 0 Å². The summed E-state index contributed by atoms with van der Waals surface area (Å²) in [5.74, 6) is -1.26. The summed E-state index contributed by atoms with van der Waals surface area (Å²) < 4.78 is 1.84. The van der Waals surface area contributed by atoms with E-state index in [-0.39, 0.29) is 23.8 Å². The summed E-state index contributed by atoms with van der Waals surface area (Å²) >= 11 is 0. The number of fused-ring (bicyclic) bond motifs is 1. The van der Waals surface area contributed by atoms with E-state index in [9.17, 15) is 9.59 Å². The first kappa shape index (κ1) is 16.4. The van der Waals surface area contributed by atoms with Crippen LogP contribution in [-0.2, 0) is 9.59 Å². The van der Waals surface area contributed by atoms with Crippen molar-refractivity contribution >= 4 is 28.6 Å². The van der Waals surface area contributed by atoms with Gasteiger partial charge >= 0.3 is 5.97 Å². The Hall–Kier alpha value is -2.44. The Bertz CT molecular complexity index is 760. The average molecular weight is 330 g/mol. The third-order valence-electron chi connectivity index (χ3n) is 4.64. The molecular weight excluding hydrogens is 308 g/mol. The van der Waals surface area contributed by atoms with Crippen LogP contribution < -0.4 is 5.32 Å². The lowest BCUT2D eigenvalue weighted by atomic mass is 9.81. The first-order chi connectivity index (χ1) is 11.5. The number of rotatable bonds is 4. The molecule has 2 aromatic rings. The van der Waals surface area contributed by atoms with E-state index in [2.05, 4.69) is 15.4 Å². The number of nitrogens with zero attached hydrogens (tertiary/aromatic N) is 3. The van der Waals surface area contributed by atoms with Gasteiger partial charge in [0.2, 0.25) is 5.91 Å². The Morgan fingerprint density at radius 2 is 1.88 bits per heavy atom. The van der Waals surface area contributed by atoms with Gasteiger partial charge in [0.15, 0.2) is 5.65 Å². The lowest BCUT2D eigenvalue weighted by Gasteiger charge is -2.25. The molecule has 0 saturated heterocycles. The van der Waals surface area contributed by atoms with Crippen LogP contribution in [0.5, 0.6) is 0 Å². The monoisotopic (exact) mass is 330 g/mol. The second kappa shape index (κ2) is 6.59. The molecular formula is C17H22N4O3. The predicted octanol–water partition coefficient (Wildman–Crippen LogP) is 2.84. The van der Waals surface area contributed by atoms with Gasteiger partial charge < -0.3 is 10.4 Å². The maximum atomic E-state index is 12.4. The minimum atomic E-state index is -0.759. The summed E-state index contributed by atoms with van der Waals surface area (Å²) in [6.07, 6.45) is 5.74. The minimum Gasteiger partial charge on any atom is -0.481 e. The first-order valence-corrected chi connectivity index (χ1v) is 8.32. The molecule has 1 aliphatic carbocycles. The Kier molecular flexibility index (Phi) is 4.51. The van der Waals surface area contributed by atoms with Crippen LogP contribution in [0.25, 0.3) is 11.0 Å². The maximum Gasteiger partial charge on any atom is 0.306 e. The molecule has 0 radical (unpaired) electrons. The van der Waals surface area contributed by atoms with Crippen molar-refractivity contribution in [1.82, 2.24) is 14.8 Å². The lowest BCUT2D eigenvalue weighted by Crippen LogP contribution is -2.29. The van der Waals surface area contributed by atoms with Gasteiger partial charge in [-0.25, -0.2) is 9.67 Å². The van der Waals surface area contributed by atoms with Crippen LogP contribution in [0, 0.1) is 11.8 Å². The molecule has 0 aromatic carbocycles. The van der Waals surface area contributed by atoms with Gasteiger partial charge in [0.05, 0.1) is 24.0 Å². The van der Waals surface area contributed by atoms with Gasteiger partial charge in [0, 0.05) is 17.3 Å². The highest BCUT2D eigenvalue weighted by Crippen LogP contribution is 2.30. The predicted molar refractivity (Wildman–Crippen MR) is 89.6 cm³/mol. The van der Waals surface area contributed by atoms with Crippen LogP contribution in [0.2, 0.25) is 0 Å². The number of aliphatic carboxylic acids is 1. The SMILES string of the molecule is CC(C)n1ncc2cc(NC(=O)C3CCC(C(=O)O)CC3)cnc21. The van der Waals surface area contributed by atoms with E-state index in [1.807, 2.05) is 24.6 Å². The average Bonchev–Trinajstić information content (AvgIpc) is 2.98. The molecule has 1 amide bonds. The van der Waals surface area contributed by atoms with Gasteiger partial charge in [-0.15, -0.1) is 0 Å². The van der Waals surface area contributed by atoms with Crippen LogP contribution in [0.4, 0.5) is 5.69 Å². The highest BCUT2D eigenvalue weighted by atomic mass is 16.4. The van der Waals surface area contributed by atoms with Gasteiger partial charge in [0.25, 0.3) is 0 Å². The van der Waals surface area contributed by atoms with Crippen molar-refractivity contribution in [2.45, 2.75) is 45.6 Å². The number of anilines is 1. The Morgan fingerprint density at radius 3 is 2.50 bits per heavy atom. The van der Waals surface area contributed by atoms with E-state index >= 15 is 0 Å². The molecule has 1 aliphatic rings. The van der Waals surface area contributed by atoms with E-state index in [4.69, 9.17) is 5.11 Å². The van der Waals surface area contributed by atoms with Crippen LogP contribution in [0.3, 0.4) is 0 Å². The van der Waals surface area contributed by atoms with Gasteiger partial charge in [0.1, 0.15) is 0 Å². The van der Waals surface area contributed by atoms with Gasteiger partial charge in [-0.05, 0) is 45.6 Å². The smallest absolute Gasteiger partial charge is 0.306 e. The van der Waals surface area contributed by atoms with Gasteiger partial charge in [-0.2, -0.15) is 5.10 Å². The topological polar surface area (TPSA) is 97.1 Å². The molecule has 0 atom stereocenters. The number of hydrogen-bond acceptors (Lipinski definition) is 4. The number of amides is 1. The largest absolute Gasteiger partial charge is 0.481 e. The van der Waals surface area contributed by atoms with Crippen molar-refractivity contribution in [2.75, 3.05) is 5.32 Å². The summed E-state index contributed by atoms with van der Waals surface area (Å²) in [6.45, 7) is 4.08. The third kappa shape index (κ3) is 3.25. The number of pyridine rings is 1. The number of aromatic nitrogens is 3. The molecule has 24 heavy (non-hydrogen) atoms. The number of carboxylic acids is 1. The van der Waals surface area contributed by atoms with Crippen LogP contribution in [0.15, 0.2) is 18.5 Å². The second-order valence-corrected chi connectivity index (χ2v) is 6.70. The van der Waals surface area contributed by atoms with E-state index in [1.165, 1.54) is 0 Å². The zero-order chi connectivity index (χ0) is 17.3. The highest BCUT2D eigenvalue weighted by molar-refractivity contribution is 5.94. The van der Waals surface area contributed by atoms with Crippen molar-refractivity contribution in [1.29, 1.82) is 0 Å². The standard InChI is InChI=1S/C17H22N4O3/c1-10(2)21-15-13(8-19-21)7-14(9-18-15)20-16(22)11-3-5-12(6-4-11)17(23)24/h7-12H,3-6H2,1-2H3,(H,20,22)(H,23,24). The van der Waals surface area contributed by atoms with E-state index in [1.54, 1.807) is 12.4 Å². The van der Waals surface area contributed by atoms with Crippen LogP contribution in [0.1, 0.15) is 45.6 Å². The van der Waals surface area contributed by atoms with E-state index in [0.717, 1.165) is 11.0 Å². The molecule has 7 heteroatoms. The van der Waals surface area contributed by atoms with Gasteiger partial charge in [-0.3, -0.25) is 9.59 Å². The van der Waals surface area contributed by atoms with E-state index in [0.29, 0.717) is 31.4 Å². The Morgan fingerprint density at radius 1 is 1.21 bits per heavy atom. The summed E-state index contributed by atoms with van der Waals surface area (Å²) in [6, 6.07) is 2.09. The van der Waals surface area contributed by atoms with Gasteiger partial charge in [-0.1, -0.05) is 0 Å². The maximum absolute atomic E-state index is 12.4. The van der Waals surface area contributed by atoms with Crippen molar-refractivity contribution in [3.05, 3.63) is 18.5 Å². The van der Waals surface area contributed by atoms with Crippen molar-refractivity contribution < 1.29 is 14.7 Å². The highest BCUT2D eigenvalue weighted by Gasteiger charge is 2.29. The second-order valence-electron chi connectivity index (χ2n) is 6.70. The molecule has 1 saturated carbocycles. The number of carboxylic acid groups (broad SMARTS) is 1. The molecule has 0 spiro atoms. The molecule has 0 aliphatic heterocycles.